The number of rotatable bonds is 6. The van der Waals surface area contributed by atoms with Crippen molar-refractivity contribution in [1.82, 2.24) is 4.72 Å². The van der Waals surface area contributed by atoms with Crippen LogP contribution in [0, 0.1) is 6.92 Å². The number of nitrogens with one attached hydrogen (secondary N) is 1. The second kappa shape index (κ2) is 9.25. The molecule has 6 nitrogen and oxygen atoms in total. The van der Waals surface area contributed by atoms with E-state index in [0.717, 1.165) is 11.8 Å². The van der Waals surface area contributed by atoms with E-state index in [1.165, 1.54) is 23.1 Å². The average molecular weight is 515 g/mol. The first-order chi connectivity index (χ1) is 16.1. The lowest BCUT2D eigenvalue weighted by Gasteiger charge is -2.16. The maximum atomic E-state index is 13.5. The van der Waals surface area contributed by atoms with Gasteiger partial charge in [0, 0.05) is 40.0 Å². The highest BCUT2D eigenvalue weighted by Crippen LogP contribution is 2.46. The van der Waals surface area contributed by atoms with Gasteiger partial charge in [-0.15, -0.1) is 0 Å². The number of likely N-dealkylation sites (N-methyl/N-ethyl adjacent to an activating group) is 1. The van der Waals surface area contributed by atoms with Crippen molar-refractivity contribution >= 4 is 50.6 Å². The van der Waals surface area contributed by atoms with Crippen LogP contribution in [-0.4, -0.2) is 27.2 Å². The van der Waals surface area contributed by atoms with Gasteiger partial charge in [0.2, 0.25) is 5.91 Å². The van der Waals surface area contributed by atoms with Crippen LogP contribution in [0.1, 0.15) is 27.4 Å². The van der Waals surface area contributed by atoms with Gasteiger partial charge in [0.15, 0.2) is 5.78 Å². The lowest BCUT2D eigenvalue weighted by Crippen LogP contribution is -2.28. The topological polar surface area (TPSA) is 83.5 Å². The molecule has 0 radical (unpaired) electrons. The van der Waals surface area contributed by atoms with Crippen molar-refractivity contribution in [2.75, 3.05) is 11.9 Å². The summed E-state index contributed by atoms with van der Waals surface area (Å²) < 4.78 is 28.2. The van der Waals surface area contributed by atoms with Crippen molar-refractivity contribution in [3.8, 4) is 0 Å². The minimum absolute atomic E-state index is 0.0286. The van der Waals surface area contributed by atoms with E-state index < -0.39 is 27.6 Å². The van der Waals surface area contributed by atoms with E-state index in [1.807, 2.05) is 6.92 Å². The first-order valence-electron chi connectivity index (χ1n) is 10.3. The third-order valence-corrected chi connectivity index (χ3v) is 7.46. The van der Waals surface area contributed by atoms with Gasteiger partial charge in [-0.1, -0.05) is 71.2 Å². The van der Waals surface area contributed by atoms with Crippen LogP contribution in [0.2, 0.25) is 10.0 Å². The molecule has 1 heterocycles. The maximum absolute atomic E-state index is 13.5. The lowest BCUT2D eigenvalue weighted by atomic mass is 9.87. The minimum atomic E-state index is -4.00. The molecule has 1 atom stereocenters. The Morgan fingerprint density at radius 3 is 2.32 bits per heavy atom. The van der Waals surface area contributed by atoms with Gasteiger partial charge in [-0.25, -0.2) is 8.42 Å². The fourth-order valence-corrected chi connectivity index (χ4v) is 5.33. The molecule has 0 saturated heterocycles. The first kappa shape index (κ1) is 24.0. The summed E-state index contributed by atoms with van der Waals surface area (Å²) in [6, 6.07) is 17.7. The second-order valence-electron chi connectivity index (χ2n) is 7.88. The molecule has 1 aliphatic heterocycles. The molecule has 0 aromatic heterocycles. The Bertz CT molecular complexity index is 1420. The summed E-state index contributed by atoms with van der Waals surface area (Å²) in [5.74, 6) is -2.04. The van der Waals surface area contributed by atoms with E-state index in [-0.39, 0.29) is 15.5 Å². The number of sulfonamides is 1. The van der Waals surface area contributed by atoms with Crippen LogP contribution in [0.25, 0.3) is 0 Å². The van der Waals surface area contributed by atoms with Crippen LogP contribution in [0.5, 0.6) is 0 Å². The van der Waals surface area contributed by atoms with E-state index in [9.17, 15) is 18.0 Å². The van der Waals surface area contributed by atoms with Gasteiger partial charge >= 0.3 is 0 Å². The molecular weight excluding hydrogens is 495 g/mol. The molecule has 0 bridgehead atoms. The summed E-state index contributed by atoms with van der Waals surface area (Å²) >= 11 is 12.6. The van der Waals surface area contributed by atoms with Gasteiger partial charge in [0.25, 0.3) is 10.0 Å². The number of carbonyl (C=O) groups excluding carboxylic acids is 2. The summed E-state index contributed by atoms with van der Waals surface area (Å²) in [6.07, 6.45) is 1.08. The number of fused-ring (bicyclic) bond motifs is 1. The zero-order valence-corrected chi connectivity index (χ0v) is 20.6. The van der Waals surface area contributed by atoms with Crippen LogP contribution >= 0.6 is 23.2 Å². The van der Waals surface area contributed by atoms with E-state index in [2.05, 4.69) is 4.72 Å². The number of aryl methyl sites for hydroxylation is 1. The van der Waals surface area contributed by atoms with Crippen molar-refractivity contribution in [3.63, 3.8) is 0 Å². The Balaban J connectivity index is 1.84. The Morgan fingerprint density at radius 1 is 1.03 bits per heavy atom. The van der Waals surface area contributed by atoms with E-state index in [4.69, 9.17) is 23.2 Å². The van der Waals surface area contributed by atoms with Gasteiger partial charge in [-0.3, -0.25) is 14.3 Å². The molecule has 3 aromatic rings. The third-order valence-electron chi connectivity index (χ3n) is 5.61. The molecule has 174 valence electrons. The van der Waals surface area contributed by atoms with Crippen LogP contribution in [0.15, 0.2) is 83.4 Å². The smallest absolute Gasteiger partial charge is 0.261 e. The summed E-state index contributed by atoms with van der Waals surface area (Å²) in [5.41, 5.74) is 2.00. The zero-order valence-electron chi connectivity index (χ0n) is 18.2. The molecule has 1 amide bonds. The Kier molecular flexibility index (Phi) is 6.53. The van der Waals surface area contributed by atoms with Gasteiger partial charge in [0.1, 0.15) is 0 Å². The predicted molar refractivity (Wildman–Crippen MR) is 133 cm³/mol. The van der Waals surface area contributed by atoms with Crippen molar-refractivity contribution < 1.29 is 18.0 Å². The van der Waals surface area contributed by atoms with Gasteiger partial charge in [-0.2, -0.15) is 0 Å². The summed E-state index contributed by atoms with van der Waals surface area (Å²) in [7, 11) is -2.45. The summed E-state index contributed by atoms with van der Waals surface area (Å²) in [6.45, 7) is 1.84. The Hall–Kier alpha value is -3.13. The molecule has 1 aliphatic rings. The molecule has 1 unspecified atom stereocenters. The fraction of sp³-hybridized carbons (Fsp3) is 0.120. The van der Waals surface area contributed by atoms with Crippen LogP contribution in [0.3, 0.4) is 0 Å². The molecule has 0 saturated carbocycles. The van der Waals surface area contributed by atoms with Crippen LogP contribution < -0.4 is 9.62 Å². The van der Waals surface area contributed by atoms with Crippen LogP contribution in [-0.2, 0) is 14.8 Å². The van der Waals surface area contributed by atoms with E-state index in [0.29, 0.717) is 21.8 Å². The Labute approximate surface area is 207 Å². The number of benzene rings is 3. The number of Topliss-reactive ketones (excluding diaryl/α,β-unsaturated/α-hetero) is 1. The molecular formula is C25H20Cl2N2O4S. The quantitative estimate of drug-likeness (QED) is 0.366. The molecule has 9 heteroatoms. The molecule has 3 aromatic carbocycles. The molecule has 34 heavy (non-hydrogen) atoms. The van der Waals surface area contributed by atoms with E-state index >= 15 is 0 Å². The number of anilines is 1. The monoisotopic (exact) mass is 514 g/mol. The summed E-state index contributed by atoms with van der Waals surface area (Å²) in [5, 5.41) is 0.544. The van der Waals surface area contributed by atoms with Gasteiger partial charge in [-0.05, 0) is 31.2 Å². The number of amides is 1. The summed E-state index contributed by atoms with van der Waals surface area (Å²) in [4.78, 5) is 28.2. The fourth-order valence-electron chi connectivity index (χ4n) is 3.82. The zero-order chi connectivity index (χ0) is 24.6. The predicted octanol–water partition coefficient (Wildman–Crippen LogP) is 5.11. The highest BCUT2D eigenvalue weighted by atomic mass is 35.5. The number of carbonyl (C=O) groups is 2. The number of hydrogen-bond donors (Lipinski definition) is 1. The maximum Gasteiger partial charge on any atom is 0.261 e. The molecule has 0 fully saturated rings. The van der Waals surface area contributed by atoms with Crippen molar-refractivity contribution in [2.24, 2.45) is 0 Å². The third kappa shape index (κ3) is 4.46. The van der Waals surface area contributed by atoms with Crippen molar-refractivity contribution in [1.29, 1.82) is 0 Å². The highest BCUT2D eigenvalue weighted by Gasteiger charge is 2.42. The SMILES string of the molecule is Cc1ccc(S(=O)(=O)N/C=C(\C(=O)c2ccccc2)C2C(=O)N(C)c3cc(Cl)cc(Cl)c32)cc1. The highest BCUT2D eigenvalue weighted by molar-refractivity contribution is 7.89. The lowest BCUT2D eigenvalue weighted by molar-refractivity contribution is -0.118. The second-order valence-corrected chi connectivity index (χ2v) is 10.4. The first-order valence-corrected chi connectivity index (χ1v) is 12.5. The molecule has 0 spiro atoms. The van der Waals surface area contributed by atoms with Gasteiger partial charge < -0.3 is 4.90 Å². The number of nitrogens with zero attached hydrogens (tertiary/aromatic N) is 1. The van der Waals surface area contributed by atoms with Crippen molar-refractivity contribution in [2.45, 2.75) is 17.7 Å². The largest absolute Gasteiger partial charge is 0.314 e. The molecule has 1 N–H and O–H groups in total. The number of ketones is 1. The Morgan fingerprint density at radius 2 is 1.68 bits per heavy atom. The van der Waals surface area contributed by atoms with Gasteiger partial charge in [0.05, 0.1) is 16.5 Å². The van der Waals surface area contributed by atoms with E-state index in [1.54, 1.807) is 55.6 Å². The standard InChI is InChI=1S/C25H20Cl2N2O4S/c1-15-8-10-18(11-9-15)34(32,33)28-14-19(24(30)16-6-4-3-5-7-16)22-23-20(27)12-17(26)13-21(23)29(2)25(22)31/h3-14,22,28H,1-2H3/b19-14-. The molecule has 0 aliphatic carbocycles. The van der Waals surface area contributed by atoms with Crippen molar-refractivity contribution in [3.05, 3.63) is 105 Å². The number of halogens is 2. The molecule has 4 rings (SSSR count). The minimum Gasteiger partial charge on any atom is -0.314 e. The number of hydrogen-bond acceptors (Lipinski definition) is 4. The normalized spacial score (nSPS) is 15.9. The van der Waals surface area contributed by atoms with Crippen LogP contribution in [0.4, 0.5) is 5.69 Å². The average Bonchev–Trinajstić information content (AvgIpc) is 3.05.